The first-order chi connectivity index (χ1) is 14.5. The van der Waals surface area contributed by atoms with Gasteiger partial charge in [-0.3, -0.25) is 9.52 Å². The third kappa shape index (κ3) is 5.76. The van der Waals surface area contributed by atoms with E-state index in [1.165, 1.54) is 28.6 Å². The van der Waals surface area contributed by atoms with Gasteiger partial charge in [-0.15, -0.1) is 0 Å². The van der Waals surface area contributed by atoms with Crippen LogP contribution in [0.4, 0.5) is 11.4 Å². The second-order valence-corrected chi connectivity index (χ2v) is 11.5. The molecule has 2 N–H and O–H groups in total. The lowest BCUT2D eigenvalue weighted by Gasteiger charge is -2.26. The van der Waals surface area contributed by atoms with Crippen molar-refractivity contribution in [2.45, 2.75) is 31.1 Å². The van der Waals surface area contributed by atoms with Gasteiger partial charge in [0, 0.05) is 24.3 Å². The van der Waals surface area contributed by atoms with E-state index in [1.54, 1.807) is 19.1 Å². The second-order valence-electron chi connectivity index (χ2n) is 7.47. The molecule has 8 nitrogen and oxygen atoms in total. The van der Waals surface area contributed by atoms with Gasteiger partial charge in [-0.05, 0) is 55.7 Å². The van der Waals surface area contributed by atoms with Gasteiger partial charge >= 0.3 is 0 Å². The van der Waals surface area contributed by atoms with Gasteiger partial charge in [0.1, 0.15) is 4.90 Å². The van der Waals surface area contributed by atoms with Crippen LogP contribution in [0.1, 0.15) is 35.2 Å². The van der Waals surface area contributed by atoms with Crippen molar-refractivity contribution in [3.8, 4) is 0 Å². The summed E-state index contributed by atoms with van der Waals surface area (Å²) in [5.41, 5.74) is 1.50. The molecule has 0 aromatic heterocycles. The Hall–Kier alpha value is -2.14. The van der Waals surface area contributed by atoms with Crippen molar-refractivity contribution < 1.29 is 21.6 Å². The number of carbonyl (C=O) groups excluding carboxylic acids is 1. The average molecular weight is 486 g/mol. The predicted molar refractivity (Wildman–Crippen MR) is 122 cm³/mol. The molecular formula is C20H24ClN3O5S2. The van der Waals surface area contributed by atoms with E-state index < -0.39 is 26.0 Å². The fourth-order valence-electron chi connectivity index (χ4n) is 3.30. The monoisotopic (exact) mass is 485 g/mol. The van der Waals surface area contributed by atoms with Crippen LogP contribution in [0.25, 0.3) is 0 Å². The molecule has 2 aromatic rings. The molecule has 0 spiro atoms. The number of sulfonamides is 2. The summed E-state index contributed by atoms with van der Waals surface area (Å²) in [5, 5.41) is 2.72. The van der Waals surface area contributed by atoms with Crippen molar-refractivity contribution in [2.24, 2.45) is 0 Å². The standard InChI is InChI=1S/C20H24ClN3O5S2/c1-14-6-8-16(13-18(14)23-30(2,26)27)22-20(25)15-7-9-17(21)19(12-15)31(28,29)24-10-4-3-5-11-24/h6-9,12-13,23H,3-5,10-11H2,1-2H3,(H,22,25). The summed E-state index contributed by atoms with van der Waals surface area (Å²) in [6.45, 7) is 2.58. The number of aryl methyl sites for hydroxylation is 1. The van der Waals surface area contributed by atoms with Gasteiger partial charge in [0.2, 0.25) is 20.0 Å². The Morgan fingerprint density at radius 1 is 1.00 bits per heavy atom. The van der Waals surface area contributed by atoms with E-state index in [-0.39, 0.29) is 15.5 Å². The van der Waals surface area contributed by atoms with Gasteiger partial charge in [0.15, 0.2) is 0 Å². The minimum Gasteiger partial charge on any atom is -0.322 e. The minimum absolute atomic E-state index is 0.0529. The first-order valence-electron chi connectivity index (χ1n) is 9.67. The third-order valence-electron chi connectivity index (χ3n) is 4.92. The number of nitrogens with one attached hydrogen (secondary N) is 2. The Labute approximate surface area is 187 Å². The van der Waals surface area contributed by atoms with Crippen molar-refractivity contribution in [1.29, 1.82) is 0 Å². The number of halogens is 1. The highest BCUT2D eigenvalue weighted by Gasteiger charge is 2.28. The van der Waals surface area contributed by atoms with Crippen LogP contribution in [-0.2, 0) is 20.0 Å². The predicted octanol–water partition coefficient (Wildman–Crippen LogP) is 3.45. The highest BCUT2D eigenvalue weighted by atomic mass is 35.5. The Morgan fingerprint density at radius 2 is 1.68 bits per heavy atom. The van der Waals surface area contributed by atoms with Gasteiger partial charge in [0.25, 0.3) is 5.91 Å². The fourth-order valence-corrected chi connectivity index (χ4v) is 5.94. The molecule has 0 atom stereocenters. The summed E-state index contributed by atoms with van der Waals surface area (Å²) in [7, 11) is -7.29. The number of nitrogens with zero attached hydrogens (tertiary/aromatic N) is 1. The Morgan fingerprint density at radius 3 is 2.32 bits per heavy atom. The Kier molecular flexibility index (Phi) is 6.95. The number of hydrogen-bond donors (Lipinski definition) is 2. The van der Waals surface area contributed by atoms with Crippen molar-refractivity contribution >= 4 is 48.9 Å². The number of amides is 1. The molecule has 3 rings (SSSR count). The maximum absolute atomic E-state index is 13.0. The molecule has 1 fully saturated rings. The van der Waals surface area contributed by atoms with Crippen LogP contribution < -0.4 is 10.0 Å². The van der Waals surface area contributed by atoms with Crippen LogP contribution in [0, 0.1) is 6.92 Å². The summed E-state index contributed by atoms with van der Waals surface area (Å²) in [4.78, 5) is 12.7. The highest BCUT2D eigenvalue weighted by molar-refractivity contribution is 7.92. The van der Waals surface area contributed by atoms with Crippen LogP contribution in [0.15, 0.2) is 41.3 Å². The second kappa shape index (κ2) is 9.15. The molecule has 1 heterocycles. The molecule has 1 aliphatic heterocycles. The molecule has 0 radical (unpaired) electrons. The van der Waals surface area contributed by atoms with Crippen LogP contribution >= 0.6 is 11.6 Å². The molecule has 168 valence electrons. The quantitative estimate of drug-likeness (QED) is 0.650. The molecule has 0 saturated carbocycles. The van der Waals surface area contributed by atoms with Crippen molar-refractivity contribution in [3.63, 3.8) is 0 Å². The first-order valence-corrected chi connectivity index (χ1v) is 13.4. The largest absolute Gasteiger partial charge is 0.322 e. The number of benzene rings is 2. The maximum atomic E-state index is 13.0. The Bertz CT molecular complexity index is 1210. The number of anilines is 2. The Balaban J connectivity index is 1.86. The van der Waals surface area contributed by atoms with E-state index in [0.29, 0.717) is 30.0 Å². The summed E-state index contributed by atoms with van der Waals surface area (Å²) in [6.07, 6.45) is 3.59. The smallest absolute Gasteiger partial charge is 0.255 e. The normalized spacial score (nSPS) is 15.5. The summed E-state index contributed by atoms with van der Waals surface area (Å²) in [6, 6.07) is 8.89. The minimum atomic E-state index is -3.81. The van der Waals surface area contributed by atoms with E-state index in [4.69, 9.17) is 11.6 Å². The molecular weight excluding hydrogens is 462 g/mol. The SMILES string of the molecule is Cc1ccc(NC(=O)c2ccc(Cl)c(S(=O)(=O)N3CCCCC3)c2)cc1NS(C)(=O)=O. The number of hydrogen-bond acceptors (Lipinski definition) is 5. The van der Waals surface area contributed by atoms with Gasteiger partial charge in [-0.1, -0.05) is 24.1 Å². The third-order valence-corrected chi connectivity index (χ3v) is 7.89. The van der Waals surface area contributed by atoms with Gasteiger partial charge < -0.3 is 5.32 Å². The molecule has 0 aliphatic carbocycles. The molecule has 11 heteroatoms. The fraction of sp³-hybridized carbons (Fsp3) is 0.350. The number of carbonyl (C=O) groups is 1. The topological polar surface area (TPSA) is 113 Å². The highest BCUT2D eigenvalue weighted by Crippen LogP contribution is 2.28. The van der Waals surface area contributed by atoms with Crippen molar-refractivity contribution in [2.75, 3.05) is 29.4 Å². The van der Waals surface area contributed by atoms with Gasteiger partial charge in [-0.2, -0.15) is 4.31 Å². The van der Waals surface area contributed by atoms with Crippen LogP contribution in [-0.4, -0.2) is 46.4 Å². The summed E-state index contributed by atoms with van der Waals surface area (Å²) < 4.78 is 52.8. The lowest BCUT2D eigenvalue weighted by Crippen LogP contribution is -2.35. The lowest BCUT2D eigenvalue weighted by atomic mass is 10.1. The van der Waals surface area contributed by atoms with Crippen LogP contribution in [0.2, 0.25) is 5.02 Å². The van der Waals surface area contributed by atoms with E-state index >= 15 is 0 Å². The van der Waals surface area contributed by atoms with E-state index in [1.807, 2.05) is 0 Å². The van der Waals surface area contributed by atoms with Gasteiger partial charge in [-0.25, -0.2) is 16.8 Å². The molecule has 1 amide bonds. The van der Waals surface area contributed by atoms with E-state index in [0.717, 1.165) is 25.5 Å². The summed E-state index contributed by atoms with van der Waals surface area (Å²) in [5.74, 6) is -0.541. The molecule has 1 saturated heterocycles. The average Bonchev–Trinajstić information content (AvgIpc) is 2.70. The molecule has 0 bridgehead atoms. The first kappa shape index (κ1) is 23.5. The lowest BCUT2D eigenvalue weighted by molar-refractivity contribution is 0.102. The summed E-state index contributed by atoms with van der Waals surface area (Å²) >= 11 is 6.16. The zero-order valence-electron chi connectivity index (χ0n) is 17.2. The van der Waals surface area contributed by atoms with Crippen LogP contribution in [0.3, 0.4) is 0 Å². The zero-order valence-corrected chi connectivity index (χ0v) is 19.6. The molecule has 0 unspecified atom stereocenters. The molecule has 31 heavy (non-hydrogen) atoms. The van der Waals surface area contributed by atoms with E-state index in [2.05, 4.69) is 10.0 Å². The van der Waals surface area contributed by atoms with Crippen molar-refractivity contribution in [3.05, 3.63) is 52.5 Å². The maximum Gasteiger partial charge on any atom is 0.255 e. The number of rotatable bonds is 6. The van der Waals surface area contributed by atoms with Crippen LogP contribution in [0.5, 0.6) is 0 Å². The number of piperidine rings is 1. The molecule has 2 aromatic carbocycles. The molecule has 1 aliphatic rings. The van der Waals surface area contributed by atoms with E-state index in [9.17, 15) is 21.6 Å². The zero-order chi connectivity index (χ0) is 22.8. The van der Waals surface area contributed by atoms with Gasteiger partial charge in [0.05, 0.1) is 17.0 Å². The van der Waals surface area contributed by atoms with Crippen molar-refractivity contribution in [1.82, 2.24) is 4.31 Å².